The van der Waals surface area contributed by atoms with Gasteiger partial charge in [0, 0.05) is 19.7 Å². The summed E-state index contributed by atoms with van der Waals surface area (Å²) in [6.07, 6.45) is 0. The van der Waals surface area contributed by atoms with Crippen molar-refractivity contribution in [3.05, 3.63) is 48.0 Å². The van der Waals surface area contributed by atoms with Gasteiger partial charge in [-0.3, -0.25) is 9.69 Å². The summed E-state index contributed by atoms with van der Waals surface area (Å²) in [6, 6.07) is 12.8. The second-order valence-corrected chi connectivity index (χ2v) is 8.09. The summed E-state index contributed by atoms with van der Waals surface area (Å²) in [5.74, 6) is 1.38. The average molecular weight is 428 g/mol. The normalized spacial score (nSPS) is 24.3. The number of hydrogen-bond acceptors (Lipinski definition) is 5. The number of amides is 1. The summed E-state index contributed by atoms with van der Waals surface area (Å²) in [6.45, 7) is 1.90. The molecule has 3 atom stereocenters. The summed E-state index contributed by atoms with van der Waals surface area (Å²) in [4.78, 5) is 16.8. The van der Waals surface area contributed by atoms with E-state index in [9.17, 15) is 4.79 Å². The van der Waals surface area contributed by atoms with E-state index in [1.165, 1.54) is 0 Å². The molecule has 1 N–H and O–H groups in total. The van der Waals surface area contributed by atoms with Crippen molar-refractivity contribution in [2.45, 2.75) is 18.7 Å². The fraction of sp³-hybridized carbons (Fsp3) is 0.364. The molecule has 30 heavy (non-hydrogen) atoms. The van der Waals surface area contributed by atoms with Crippen LogP contribution < -0.4 is 24.4 Å². The monoisotopic (exact) mass is 427 g/mol. The Labute approximate surface area is 181 Å². The topological polar surface area (TPSA) is 63.3 Å². The molecule has 1 saturated heterocycles. The fourth-order valence-electron chi connectivity index (χ4n) is 4.32. The number of ether oxygens (including phenoxy) is 3. The number of hydrogen-bond donors (Lipinski definition) is 1. The molecule has 4 rings (SSSR count). The van der Waals surface area contributed by atoms with Gasteiger partial charge in [-0.2, -0.15) is 0 Å². The lowest BCUT2D eigenvalue weighted by molar-refractivity contribution is -0.144. The third-order valence-electron chi connectivity index (χ3n) is 5.74. The molecule has 8 heteroatoms. The van der Waals surface area contributed by atoms with Crippen LogP contribution in [0.4, 0.5) is 5.69 Å². The highest BCUT2D eigenvalue weighted by molar-refractivity contribution is 7.80. The van der Waals surface area contributed by atoms with E-state index in [-0.39, 0.29) is 11.9 Å². The smallest absolute Gasteiger partial charge is 0.233 e. The molecular formula is C22H25N3O4S. The Bertz CT molecular complexity index is 1010. The zero-order valence-electron chi connectivity index (χ0n) is 17.6. The molecule has 2 heterocycles. The molecule has 1 amide bonds. The number of rotatable bonds is 4. The number of fused-ring (bicyclic) bond motifs is 4. The quantitative estimate of drug-likeness (QED) is 0.753. The summed E-state index contributed by atoms with van der Waals surface area (Å²) >= 11 is 5.76. The molecule has 0 aliphatic carbocycles. The first-order chi connectivity index (χ1) is 14.3. The van der Waals surface area contributed by atoms with Gasteiger partial charge in [0.1, 0.15) is 23.2 Å². The minimum atomic E-state index is -1.06. The first-order valence-electron chi connectivity index (χ1n) is 9.63. The summed E-state index contributed by atoms with van der Waals surface area (Å²) in [5.41, 5.74) is 0.505. The third-order valence-corrected chi connectivity index (χ3v) is 6.04. The van der Waals surface area contributed by atoms with Gasteiger partial charge in [-0.15, -0.1) is 0 Å². The number of nitrogens with zero attached hydrogens (tertiary/aromatic N) is 2. The molecule has 3 unspecified atom stereocenters. The van der Waals surface area contributed by atoms with Crippen LogP contribution in [-0.4, -0.2) is 50.0 Å². The van der Waals surface area contributed by atoms with Gasteiger partial charge in [-0.25, -0.2) is 0 Å². The van der Waals surface area contributed by atoms with E-state index < -0.39 is 11.6 Å². The second kappa shape index (κ2) is 7.36. The molecule has 1 fully saturated rings. The van der Waals surface area contributed by atoms with E-state index in [0.717, 1.165) is 11.3 Å². The molecule has 0 aromatic heterocycles. The van der Waals surface area contributed by atoms with E-state index in [4.69, 9.17) is 26.4 Å². The number of anilines is 1. The van der Waals surface area contributed by atoms with Gasteiger partial charge in [0.2, 0.25) is 5.91 Å². The lowest BCUT2D eigenvalue weighted by atomic mass is 9.78. The zero-order chi connectivity index (χ0) is 21.6. The lowest BCUT2D eigenvalue weighted by Gasteiger charge is -2.56. The van der Waals surface area contributed by atoms with Gasteiger partial charge < -0.3 is 24.4 Å². The van der Waals surface area contributed by atoms with Crippen molar-refractivity contribution >= 4 is 28.9 Å². The fourth-order valence-corrected chi connectivity index (χ4v) is 4.73. The number of benzene rings is 2. The van der Waals surface area contributed by atoms with E-state index in [0.29, 0.717) is 22.4 Å². The highest BCUT2D eigenvalue weighted by atomic mass is 32.1. The molecule has 2 aromatic carbocycles. The first kappa shape index (κ1) is 20.3. The van der Waals surface area contributed by atoms with E-state index in [1.807, 2.05) is 54.3 Å². The summed E-state index contributed by atoms with van der Waals surface area (Å²) in [5, 5.41) is 3.85. The van der Waals surface area contributed by atoms with Gasteiger partial charge >= 0.3 is 0 Å². The van der Waals surface area contributed by atoms with Gasteiger partial charge in [0.25, 0.3) is 0 Å². The van der Waals surface area contributed by atoms with Crippen LogP contribution in [0.1, 0.15) is 18.5 Å². The second-order valence-electron chi connectivity index (χ2n) is 7.71. The van der Waals surface area contributed by atoms with Crippen molar-refractivity contribution in [3.8, 4) is 17.2 Å². The van der Waals surface area contributed by atoms with Crippen LogP contribution in [0.5, 0.6) is 17.2 Å². The molecule has 2 aliphatic heterocycles. The summed E-state index contributed by atoms with van der Waals surface area (Å²) in [7, 11) is 6.71. The van der Waals surface area contributed by atoms with Crippen LogP contribution >= 0.6 is 12.2 Å². The Hall–Kier alpha value is -3.00. The van der Waals surface area contributed by atoms with Crippen LogP contribution in [0.2, 0.25) is 0 Å². The van der Waals surface area contributed by atoms with E-state index >= 15 is 0 Å². The van der Waals surface area contributed by atoms with Crippen LogP contribution in [0.15, 0.2) is 42.5 Å². The first-order valence-corrected chi connectivity index (χ1v) is 10.0. The van der Waals surface area contributed by atoms with Gasteiger partial charge in [0.15, 0.2) is 10.8 Å². The molecule has 7 nitrogen and oxygen atoms in total. The Kier molecular flexibility index (Phi) is 4.97. The van der Waals surface area contributed by atoms with Crippen LogP contribution in [0.3, 0.4) is 0 Å². The minimum Gasteiger partial charge on any atom is -0.497 e. The molecule has 158 valence electrons. The van der Waals surface area contributed by atoms with Gasteiger partial charge in [-0.05, 0) is 49.5 Å². The van der Waals surface area contributed by atoms with Crippen molar-refractivity contribution in [1.29, 1.82) is 0 Å². The van der Waals surface area contributed by atoms with Crippen molar-refractivity contribution in [2.24, 2.45) is 5.92 Å². The Morgan fingerprint density at radius 1 is 1.20 bits per heavy atom. The molecule has 0 saturated carbocycles. The van der Waals surface area contributed by atoms with Crippen LogP contribution in [0.25, 0.3) is 0 Å². The molecule has 0 spiro atoms. The van der Waals surface area contributed by atoms with Crippen molar-refractivity contribution in [1.82, 2.24) is 10.2 Å². The number of carbonyl (C=O) groups is 1. The summed E-state index contributed by atoms with van der Waals surface area (Å²) < 4.78 is 17.5. The lowest BCUT2D eigenvalue weighted by Crippen LogP contribution is -2.72. The molecule has 0 radical (unpaired) electrons. The Morgan fingerprint density at radius 2 is 1.93 bits per heavy atom. The predicted molar refractivity (Wildman–Crippen MR) is 118 cm³/mol. The molecular weight excluding hydrogens is 402 g/mol. The van der Waals surface area contributed by atoms with E-state index in [1.54, 1.807) is 33.2 Å². The van der Waals surface area contributed by atoms with Crippen LogP contribution in [-0.2, 0) is 4.79 Å². The molecule has 2 aromatic rings. The maximum Gasteiger partial charge on any atom is 0.233 e. The third kappa shape index (κ3) is 2.94. The molecule has 2 aliphatic rings. The average Bonchev–Trinajstić information content (AvgIpc) is 2.72. The number of thiocarbonyl (C=S) groups is 1. The number of nitrogens with one attached hydrogen (secondary N) is 1. The van der Waals surface area contributed by atoms with Crippen molar-refractivity contribution in [2.75, 3.05) is 33.2 Å². The van der Waals surface area contributed by atoms with Gasteiger partial charge in [0.05, 0.1) is 25.9 Å². The molecule has 2 bridgehead atoms. The SMILES string of the molecule is COc1ccc2c(c1)C1NC(=S)N(c3ccccc3OC)C(C)(O2)C1C(=O)N(C)C. The zero-order valence-corrected chi connectivity index (χ0v) is 18.4. The maximum atomic E-state index is 13.4. The Balaban J connectivity index is 1.93. The van der Waals surface area contributed by atoms with Crippen molar-refractivity contribution in [3.63, 3.8) is 0 Å². The van der Waals surface area contributed by atoms with Crippen LogP contribution in [0, 0.1) is 5.92 Å². The number of carbonyl (C=O) groups excluding carboxylic acids is 1. The van der Waals surface area contributed by atoms with E-state index in [2.05, 4.69) is 5.32 Å². The van der Waals surface area contributed by atoms with Gasteiger partial charge in [-0.1, -0.05) is 12.1 Å². The Morgan fingerprint density at radius 3 is 2.60 bits per heavy atom. The van der Waals surface area contributed by atoms with Crippen molar-refractivity contribution < 1.29 is 19.0 Å². The predicted octanol–water partition coefficient (Wildman–Crippen LogP) is 2.95. The standard InChI is InChI=1S/C22H25N3O4S/c1-22-18(20(26)24(2)3)19(14-12-13(27-4)10-11-16(14)29-22)23-21(30)25(22)15-8-6-7-9-17(15)28-5/h6-12,18-19H,1-5H3,(H,23,30). The highest BCUT2D eigenvalue weighted by Crippen LogP contribution is 2.51. The minimum absolute atomic E-state index is 0.0640. The largest absolute Gasteiger partial charge is 0.497 e. The maximum absolute atomic E-state index is 13.4. The highest BCUT2D eigenvalue weighted by Gasteiger charge is 2.59. The number of para-hydroxylation sites is 2. The number of methoxy groups -OCH3 is 2.